The maximum atomic E-state index is 5.04. The second-order valence-electron chi connectivity index (χ2n) is 0.620. The summed E-state index contributed by atoms with van der Waals surface area (Å²) in [6.45, 7) is 1.70. The molecule has 0 aliphatic heterocycles. The van der Waals surface area contributed by atoms with Gasteiger partial charge in [0.1, 0.15) is 4.84 Å². The highest BCUT2D eigenvalue weighted by Crippen LogP contribution is 1.95. The number of rotatable bonds is 0. The van der Waals surface area contributed by atoms with Crippen molar-refractivity contribution in [2.24, 2.45) is 0 Å². The van der Waals surface area contributed by atoms with Crippen LogP contribution in [0.1, 0.15) is 6.92 Å². The summed E-state index contributed by atoms with van der Waals surface area (Å²) < 4.78 is 0. The summed E-state index contributed by atoms with van der Waals surface area (Å²) in [7, 11) is 0. The van der Waals surface area contributed by atoms with Gasteiger partial charge in [0.05, 0.1) is 5.34 Å². The molecule has 4 heteroatoms. The zero-order valence-corrected chi connectivity index (χ0v) is 6.82. The maximum absolute atomic E-state index is 5.04. The van der Waals surface area contributed by atoms with Gasteiger partial charge in [0.15, 0.2) is 0 Å². The van der Waals surface area contributed by atoms with Gasteiger partial charge in [-0.1, -0.05) is 0 Å². The quantitative estimate of drug-likeness (QED) is 0.506. The van der Waals surface area contributed by atoms with Crippen LogP contribution < -0.4 is 0 Å². The van der Waals surface area contributed by atoms with E-state index in [4.69, 9.17) is 46.4 Å². The molecule has 0 saturated heterocycles. The van der Waals surface area contributed by atoms with Crippen molar-refractivity contribution in [3.63, 3.8) is 0 Å². The van der Waals surface area contributed by atoms with Crippen molar-refractivity contribution in [1.82, 2.24) is 0 Å². The monoisotopic (exact) mass is 182 g/mol. The topological polar surface area (TPSA) is 0 Å². The highest BCUT2D eigenvalue weighted by atomic mass is 35.5. The first kappa shape index (κ1) is 11.0. The van der Waals surface area contributed by atoms with E-state index < -0.39 is 0 Å². The van der Waals surface area contributed by atoms with E-state index in [1.807, 2.05) is 0 Å². The lowest BCUT2D eigenvalue weighted by Gasteiger charge is -1.72. The molecule has 0 fully saturated rings. The lowest BCUT2D eigenvalue weighted by molar-refractivity contribution is 1.39. The fraction of sp³-hybridized carbons (Fsp3) is 1.00. The van der Waals surface area contributed by atoms with Crippen LogP contribution in [0.4, 0.5) is 0 Å². The predicted octanol–water partition coefficient (Wildman–Crippen LogP) is 3.23. The summed E-state index contributed by atoms with van der Waals surface area (Å²) >= 11 is 19.6. The van der Waals surface area contributed by atoms with Crippen LogP contribution in [-0.2, 0) is 0 Å². The van der Waals surface area contributed by atoms with Crippen molar-refractivity contribution in [3.8, 4) is 0 Å². The molecule has 0 atom stereocenters. The molecular weight excluding hydrogens is 178 g/mol. The number of hydrogen-bond acceptors (Lipinski definition) is 0. The third kappa shape index (κ3) is 142. The summed E-state index contributed by atoms with van der Waals surface area (Å²) in [4.78, 5) is -0.222. The second kappa shape index (κ2) is 10.2. The van der Waals surface area contributed by atoms with Crippen LogP contribution in [-0.4, -0.2) is 10.2 Å². The van der Waals surface area contributed by atoms with Gasteiger partial charge in [-0.25, -0.2) is 0 Å². The Morgan fingerprint density at radius 3 is 1.29 bits per heavy atom. The molecule has 0 saturated carbocycles. The van der Waals surface area contributed by atoms with E-state index in [9.17, 15) is 0 Å². The van der Waals surface area contributed by atoms with Gasteiger partial charge in [0.2, 0.25) is 0 Å². The van der Waals surface area contributed by atoms with Crippen LogP contribution >= 0.6 is 46.4 Å². The standard InChI is InChI=1S/C2H4Cl2.CH2Cl2/c1-2(3)4;2-1-3/h2H,1H3;1H2. The Balaban J connectivity index is 0. The molecule has 0 nitrogen and oxygen atoms in total. The SMILES string of the molecule is CC(Cl)Cl.ClCCl. The zero-order chi connectivity index (χ0) is 6.28. The van der Waals surface area contributed by atoms with Gasteiger partial charge in [-0.3, -0.25) is 0 Å². The van der Waals surface area contributed by atoms with Gasteiger partial charge in [-0.15, -0.1) is 46.4 Å². The molecule has 0 amide bonds. The van der Waals surface area contributed by atoms with E-state index >= 15 is 0 Å². The lowest BCUT2D eigenvalue weighted by atomic mass is 11.0. The average Bonchev–Trinajstić information content (AvgIpc) is 1.33. The molecule has 0 aromatic rings. The minimum absolute atomic E-state index is 0.194. The zero-order valence-electron chi connectivity index (χ0n) is 3.80. The van der Waals surface area contributed by atoms with E-state index in [1.165, 1.54) is 0 Å². The van der Waals surface area contributed by atoms with Crippen molar-refractivity contribution in [1.29, 1.82) is 0 Å². The molecule has 0 rings (SSSR count). The molecule has 0 aliphatic carbocycles. The largest absolute Gasteiger partial charge is 0.109 e. The summed E-state index contributed by atoms with van der Waals surface area (Å²) in [5.74, 6) is 0. The minimum atomic E-state index is -0.222. The molecule has 0 radical (unpaired) electrons. The van der Waals surface area contributed by atoms with Gasteiger partial charge in [0.25, 0.3) is 0 Å². The Morgan fingerprint density at radius 2 is 1.29 bits per heavy atom. The van der Waals surface area contributed by atoms with Crippen molar-refractivity contribution >= 4 is 46.4 Å². The first-order valence-electron chi connectivity index (χ1n) is 1.55. The van der Waals surface area contributed by atoms with Gasteiger partial charge >= 0.3 is 0 Å². The van der Waals surface area contributed by atoms with Crippen LogP contribution in [0.5, 0.6) is 0 Å². The van der Waals surface area contributed by atoms with Crippen LogP contribution in [0.2, 0.25) is 0 Å². The van der Waals surface area contributed by atoms with Gasteiger partial charge < -0.3 is 0 Å². The van der Waals surface area contributed by atoms with Gasteiger partial charge in [-0.05, 0) is 6.92 Å². The number of hydrogen-bond donors (Lipinski definition) is 0. The van der Waals surface area contributed by atoms with Gasteiger partial charge in [-0.2, -0.15) is 0 Å². The minimum Gasteiger partial charge on any atom is -0.109 e. The van der Waals surface area contributed by atoms with E-state index in [0.717, 1.165) is 0 Å². The van der Waals surface area contributed by atoms with E-state index in [2.05, 4.69) is 0 Å². The summed E-state index contributed by atoms with van der Waals surface area (Å²) in [6, 6.07) is 0. The Morgan fingerprint density at radius 1 is 1.29 bits per heavy atom. The smallest absolute Gasteiger partial charge is 0.105 e. The molecule has 0 aromatic heterocycles. The molecule has 0 N–H and O–H groups in total. The Bertz CT molecular complexity index is 18.1. The van der Waals surface area contributed by atoms with E-state index in [0.29, 0.717) is 0 Å². The average molecular weight is 184 g/mol. The van der Waals surface area contributed by atoms with Crippen LogP contribution in [0.25, 0.3) is 0 Å². The summed E-state index contributed by atoms with van der Waals surface area (Å²) in [6.07, 6.45) is 0. The Kier molecular flexibility index (Phi) is 16.1. The summed E-state index contributed by atoms with van der Waals surface area (Å²) in [5, 5.41) is 0.194. The van der Waals surface area contributed by atoms with Crippen molar-refractivity contribution in [2.45, 2.75) is 11.8 Å². The Labute approximate surface area is 63.7 Å². The highest BCUT2D eigenvalue weighted by molar-refractivity contribution is 6.43. The highest BCUT2D eigenvalue weighted by Gasteiger charge is 1.75. The molecule has 0 aliphatic rings. The fourth-order valence-electron chi connectivity index (χ4n) is 0. The number of halogens is 4. The Hall–Kier alpha value is 1.16. The normalized spacial score (nSPS) is 7.71. The molecule has 0 heterocycles. The van der Waals surface area contributed by atoms with Crippen molar-refractivity contribution in [3.05, 3.63) is 0 Å². The first-order chi connectivity index (χ1) is 3.15. The van der Waals surface area contributed by atoms with E-state index in [1.54, 1.807) is 6.92 Å². The maximum Gasteiger partial charge on any atom is 0.105 e. The third-order valence-electron chi connectivity index (χ3n) is 0. The van der Waals surface area contributed by atoms with Crippen molar-refractivity contribution in [2.75, 3.05) is 5.34 Å². The van der Waals surface area contributed by atoms with Gasteiger partial charge in [0, 0.05) is 0 Å². The molecule has 0 spiro atoms. The van der Waals surface area contributed by atoms with E-state index in [-0.39, 0.29) is 10.2 Å². The van der Waals surface area contributed by atoms with Crippen LogP contribution in [0.15, 0.2) is 0 Å². The van der Waals surface area contributed by atoms with Crippen molar-refractivity contribution < 1.29 is 0 Å². The third-order valence-corrected chi connectivity index (χ3v) is 0. The number of alkyl halides is 4. The second-order valence-corrected chi connectivity index (χ2v) is 2.96. The molecule has 0 bridgehead atoms. The predicted molar refractivity (Wildman–Crippen MR) is 37.7 cm³/mol. The molecule has 7 heavy (non-hydrogen) atoms. The lowest BCUT2D eigenvalue weighted by Crippen LogP contribution is -1.63. The van der Waals surface area contributed by atoms with Crippen LogP contribution in [0.3, 0.4) is 0 Å². The summed E-state index contributed by atoms with van der Waals surface area (Å²) in [5.41, 5.74) is 0. The molecule has 0 unspecified atom stereocenters. The molecular formula is C3H6Cl4. The first-order valence-corrected chi connectivity index (χ1v) is 3.49. The molecule has 46 valence electrons. The molecule has 0 aromatic carbocycles. The van der Waals surface area contributed by atoms with Crippen LogP contribution in [0, 0.1) is 0 Å². The fourth-order valence-corrected chi connectivity index (χ4v) is 0.